The molecule has 0 spiro atoms. The summed E-state index contributed by atoms with van der Waals surface area (Å²) in [5.74, 6) is 1.32. The van der Waals surface area contributed by atoms with Crippen molar-refractivity contribution in [3.05, 3.63) is 87.4 Å². The molecule has 0 aliphatic heterocycles. The molecule has 4 rings (SSSR count). The van der Waals surface area contributed by atoms with E-state index in [0.29, 0.717) is 45.0 Å². The van der Waals surface area contributed by atoms with E-state index in [1.165, 1.54) is 24.7 Å². The monoisotopic (exact) mass is 494 g/mol. The van der Waals surface area contributed by atoms with Gasteiger partial charge in [0.25, 0.3) is 5.56 Å². The maximum atomic E-state index is 12.6. The molecule has 0 aliphatic carbocycles. The Bertz CT molecular complexity index is 1450. The van der Waals surface area contributed by atoms with Gasteiger partial charge in [0, 0.05) is 30.1 Å². The number of amides is 2. The number of hydrogen-bond donors (Lipinski definition) is 2. The van der Waals surface area contributed by atoms with Crippen molar-refractivity contribution >= 4 is 34.7 Å². The van der Waals surface area contributed by atoms with Gasteiger partial charge in [0.05, 0.1) is 30.6 Å². The van der Waals surface area contributed by atoms with Crippen LogP contribution in [-0.2, 0) is 6.61 Å². The minimum Gasteiger partial charge on any atom is -0.495 e. The SMILES string of the molecule is COc1cc(OC)c(NC(=O)Nc2cccc(OCc3cc(=O)n4ccc(C)cc4n3)c2)cc1Cl. The van der Waals surface area contributed by atoms with Crippen molar-refractivity contribution in [3.8, 4) is 17.2 Å². The molecule has 0 saturated carbocycles. The predicted octanol–water partition coefficient (Wildman–Crippen LogP) is 4.90. The van der Waals surface area contributed by atoms with Crippen LogP contribution in [0.25, 0.3) is 5.65 Å². The van der Waals surface area contributed by atoms with E-state index in [-0.39, 0.29) is 12.2 Å². The quantitative estimate of drug-likeness (QED) is 0.379. The van der Waals surface area contributed by atoms with E-state index in [4.69, 9.17) is 25.8 Å². The van der Waals surface area contributed by atoms with E-state index in [9.17, 15) is 9.59 Å². The van der Waals surface area contributed by atoms with Crippen LogP contribution in [0.1, 0.15) is 11.3 Å². The van der Waals surface area contributed by atoms with E-state index in [2.05, 4.69) is 15.6 Å². The Morgan fingerprint density at radius 2 is 1.83 bits per heavy atom. The predicted molar refractivity (Wildman–Crippen MR) is 134 cm³/mol. The van der Waals surface area contributed by atoms with Gasteiger partial charge < -0.3 is 24.8 Å². The molecule has 2 heterocycles. The van der Waals surface area contributed by atoms with E-state index >= 15 is 0 Å². The Balaban J connectivity index is 1.43. The van der Waals surface area contributed by atoms with Crippen molar-refractivity contribution in [3.63, 3.8) is 0 Å². The summed E-state index contributed by atoms with van der Waals surface area (Å²) in [6.45, 7) is 2.03. The molecule has 2 aromatic heterocycles. The lowest BCUT2D eigenvalue weighted by atomic mass is 10.2. The molecule has 2 N–H and O–H groups in total. The number of aromatic nitrogens is 2. The molecule has 35 heavy (non-hydrogen) atoms. The van der Waals surface area contributed by atoms with Crippen molar-refractivity contribution in [2.75, 3.05) is 24.9 Å². The fraction of sp³-hybridized carbons (Fsp3) is 0.160. The number of rotatable bonds is 7. The Labute approximate surface area is 206 Å². The molecular weight excluding hydrogens is 472 g/mol. The van der Waals surface area contributed by atoms with Crippen molar-refractivity contribution in [1.29, 1.82) is 0 Å². The van der Waals surface area contributed by atoms with Crippen LogP contribution in [0.15, 0.2) is 65.6 Å². The number of halogens is 1. The topological polar surface area (TPSA) is 103 Å². The van der Waals surface area contributed by atoms with Crippen LogP contribution < -0.4 is 30.4 Å². The normalized spacial score (nSPS) is 10.6. The largest absolute Gasteiger partial charge is 0.495 e. The number of carbonyl (C=O) groups is 1. The molecule has 180 valence electrons. The third-order valence-electron chi connectivity index (χ3n) is 5.08. The van der Waals surface area contributed by atoms with Crippen LogP contribution in [0, 0.1) is 6.92 Å². The smallest absolute Gasteiger partial charge is 0.323 e. The first-order valence-corrected chi connectivity index (χ1v) is 11.0. The maximum absolute atomic E-state index is 12.6. The lowest BCUT2D eigenvalue weighted by molar-refractivity contribution is 0.262. The minimum atomic E-state index is -0.499. The van der Waals surface area contributed by atoms with Gasteiger partial charge >= 0.3 is 6.03 Å². The summed E-state index contributed by atoms with van der Waals surface area (Å²) >= 11 is 6.16. The molecule has 0 unspecified atom stereocenters. The molecular formula is C25H23ClN4O5. The highest BCUT2D eigenvalue weighted by molar-refractivity contribution is 6.32. The number of ether oxygens (including phenoxy) is 3. The zero-order valence-corrected chi connectivity index (χ0v) is 20.1. The summed E-state index contributed by atoms with van der Waals surface area (Å²) in [4.78, 5) is 29.4. The van der Waals surface area contributed by atoms with Gasteiger partial charge in [0.15, 0.2) is 0 Å². The molecule has 0 bridgehead atoms. The summed E-state index contributed by atoms with van der Waals surface area (Å²) in [5.41, 5.74) is 2.75. The van der Waals surface area contributed by atoms with Crippen LogP contribution in [0.3, 0.4) is 0 Å². The Kier molecular flexibility index (Phi) is 7.07. The van der Waals surface area contributed by atoms with Gasteiger partial charge in [0.2, 0.25) is 0 Å². The lowest BCUT2D eigenvalue weighted by Crippen LogP contribution is -2.20. The average Bonchev–Trinajstić information content (AvgIpc) is 2.83. The first kappa shape index (κ1) is 23.9. The van der Waals surface area contributed by atoms with Gasteiger partial charge in [-0.15, -0.1) is 0 Å². The summed E-state index contributed by atoms with van der Waals surface area (Å²) in [6.07, 6.45) is 1.69. The lowest BCUT2D eigenvalue weighted by Gasteiger charge is -2.14. The zero-order valence-electron chi connectivity index (χ0n) is 19.3. The molecule has 2 amide bonds. The Morgan fingerprint density at radius 3 is 2.60 bits per heavy atom. The molecule has 4 aromatic rings. The average molecular weight is 495 g/mol. The van der Waals surface area contributed by atoms with Gasteiger partial charge in [-0.1, -0.05) is 17.7 Å². The molecule has 10 heteroatoms. The number of carbonyl (C=O) groups excluding carboxylic acids is 1. The summed E-state index contributed by atoms with van der Waals surface area (Å²) in [5, 5.41) is 5.77. The van der Waals surface area contributed by atoms with E-state index in [0.717, 1.165) is 5.56 Å². The summed E-state index contributed by atoms with van der Waals surface area (Å²) in [7, 11) is 2.97. The molecule has 0 radical (unpaired) electrons. The van der Waals surface area contributed by atoms with Crippen molar-refractivity contribution < 1.29 is 19.0 Å². The summed E-state index contributed by atoms with van der Waals surface area (Å²) in [6, 6.07) is 14.6. The Hall–Kier alpha value is -4.24. The molecule has 0 saturated heterocycles. The molecule has 9 nitrogen and oxygen atoms in total. The second-order valence-corrected chi connectivity index (χ2v) is 8.01. The van der Waals surface area contributed by atoms with Gasteiger partial charge in [-0.05, 0) is 42.8 Å². The number of aryl methyl sites for hydroxylation is 1. The number of methoxy groups -OCH3 is 2. The highest BCUT2D eigenvalue weighted by atomic mass is 35.5. The number of pyridine rings is 1. The Morgan fingerprint density at radius 1 is 1.03 bits per heavy atom. The van der Waals surface area contributed by atoms with Gasteiger partial charge in [0.1, 0.15) is 29.5 Å². The van der Waals surface area contributed by atoms with Crippen molar-refractivity contribution in [1.82, 2.24) is 9.38 Å². The van der Waals surface area contributed by atoms with Crippen LogP contribution in [-0.4, -0.2) is 29.6 Å². The van der Waals surface area contributed by atoms with Crippen LogP contribution in [0.5, 0.6) is 17.2 Å². The highest BCUT2D eigenvalue weighted by Gasteiger charge is 2.13. The first-order valence-electron chi connectivity index (χ1n) is 10.6. The van der Waals surface area contributed by atoms with E-state index in [1.807, 2.05) is 19.1 Å². The molecule has 2 aromatic carbocycles. The maximum Gasteiger partial charge on any atom is 0.323 e. The second-order valence-electron chi connectivity index (χ2n) is 7.60. The number of nitrogens with zero attached hydrogens (tertiary/aromatic N) is 2. The fourth-order valence-electron chi connectivity index (χ4n) is 3.39. The summed E-state index contributed by atoms with van der Waals surface area (Å²) < 4.78 is 17.8. The first-order chi connectivity index (χ1) is 16.9. The van der Waals surface area contributed by atoms with E-state index in [1.54, 1.807) is 42.6 Å². The third-order valence-corrected chi connectivity index (χ3v) is 5.37. The number of hydrogen-bond acceptors (Lipinski definition) is 6. The van der Waals surface area contributed by atoms with Crippen molar-refractivity contribution in [2.24, 2.45) is 0 Å². The number of urea groups is 1. The van der Waals surface area contributed by atoms with Gasteiger partial charge in [-0.2, -0.15) is 0 Å². The standard InChI is InChI=1S/C25H23ClN4O5/c1-15-7-8-30-23(9-15)27-17(11-24(30)31)14-35-18-6-4-5-16(10-18)28-25(32)29-20-12-19(26)21(33-2)13-22(20)34-3/h4-13H,14H2,1-3H3,(H2,28,29,32). The number of nitrogens with one attached hydrogen (secondary N) is 2. The number of benzene rings is 2. The zero-order chi connectivity index (χ0) is 24.9. The van der Waals surface area contributed by atoms with Crippen molar-refractivity contribution in [2.45, 2.75) is 13.5 Å². The molecule has 0 fully saturated rings. The van der Waals surface area contributed by atoms with Gasteiger partial charge in [-0.3, -0.25) is 9.20 Å². The number of anilines is 2. The fourth-order valence-corrected chi connectivity index (χ4v) is 3.63. The van der Waals surface area contributed by atoms with Crippen LogP contribution in [0.4, 0.5) is 16.2 Å². The number of fused-ring (bicyclic) bond motifs is 1. The highest BCUT2D eigenvalue weighted by Crippen LogP contribution is 2.36. The van der Waals surface area contributed by atoms with Crippen LogP contribution >= 0.6 is 11.6 Å². The van der Waals surface area contributed by atoms with Gasteiger partial charge in [-0.25, -0.2) is 9.78 Å². The van der Waals surface area contributed by atoms with Crippen LogP contribution in [0.2, 0.25) is 5.02 Å². The molecule has 0 atom stereocenters. The molecule has 0 aliphatic rings. The minimum absolute atomic E-state index is 0.0941. The van der Waals surface area contributed by atoms with E-state index < -0.39 is 6.03 Å². The third kappa shape index (κ3) is 5.64. The second kappa shape index (κ2) is 10.4.